The maximum Gasteiger partial charge on any atom is 0.312 e. The Hall–Kier alpha value is -3.48. The first-order valence-electron chi connectivity index (χ1n) is 9.18. The number of hydrogen-bond acceptors (Lipinski definition) is 6. The van der Waals surface area contributed by atoms with Gasteiger partial charge in [-0.1, -0.05) is 0 Å². The zero-order valence-corrected chi connectivity index (χ0v) is 16.6. The van der Waals surface area contributed by atoms with Crippen LogP contribution in [0.4, 0.5) is 0 Å². The molecule has 3 heterocycles. The molecule has 1 N–H and O–H groups in total. The zero-order chi connectivity index (χ0) is 20.8. The second-order valence-electron chi connectivity index (χ2n) is 7.72. The fourth-order valence-corrected chi connectivity index (χ4v) is 3.26. The fraction of sp³-hybridized carbons (Fsp3) is 0.273. The van der Waals surface area contributed by atoms with Crippen molar-refractivity contribution in [3.63, 3.8) is 0 Å². The van der Waals surface area contributed by atoms with E-state index < -0.39 is 11.6 Å². The molecule has 29 heavy (non-hydrogen) atoms. The molecule has 0 unspecified atom stereocenters. The predicted molar refractivity (Wildman–Crippen MR) is 108 cm³/mol. The number of hydrogen-bond donors (Lipinski definition) is 1. The van der Waals surface area contributed by atoms with E-state index in [0.29, 0.717) is 44.8 Å². The van der Waals surface area contributed by atoms with Gasteiger partial charge in [-0.05, 0) is 51.1 Å². The smallest absolute Gasteiger partial charge is 0.312 e. The quantitative estimate of drug-likeness (QED) is 0.514. The fourth-order valence-electron chi connectivity index (χ4n) is 3.26. The summed E-state index contributed by atoms with van der Waals surface area (Å²) in [5.41, 5.74) is 0.771. The van der Waals surface area contributed by atoms with E-state index >= 15 is 0 Å². The second-order valence-corrected chi connectivity index (χ2v) is 7.72. The van der Waals surface area contributed by atoms with Gasteiger partial charge in [-0.15, -0.1) is 0 Å². The van der Waals surface area contributed by atoms with Gasteiger partial charge in [0.05, 0.1) is 42.0 Å². The Bertz CT molecular complexity index is 1250. The van der Waals surface area contributed by atoms with Crippen LogP contribution in [0, 0.1) is 0 Å². The first-order valence-corrected chi connectivity index (χ1v) is 9.18. The van der Waals surface area contributed by atoms with E-state index in [1.54, 1.807) is 51.1 Å². The van der Waals surface area contributed by atoms with E-state index in [0.717, 1.165) is 0 Å². The van der Waals surface area contributed by atoms with Crippen LogP contribution in [0.3, 0.4) is 0 Å². The number of nitrogens with one attached hydrogen (secondary N) is 1. The molecule has 0 aliphatic rings. The molecule has 7 nitrogen and oxygen atoms in total. The molecule has 0 spiro atoms. The zero-order valence-electron chi connectivity index (χ0n) is 16.6. The molecule has 0 saturated heterocycles. The Labute approximate surface area is 166 Å². The van der Waals surface area contributed by atoms with Crippen molar-refractivity contribution in [3.05, 3.63) is 52.5 Å². The Kier molecular flexibility index (Phi) is 4.45. The number of fused-ring (bicyclic) bond motifs is 2. The number of H-pyrrole nitrogens is 1. The SMILES string of the molecule is COc1ccc2oc3c(CC(=O)OC(C)(C)C)[nH]c(-c4ccco4)c3c(=O)c2c1. The number of esters is 1. The Morgan fingerprint density at radius 3 is 2.66 bits per heavy atom. The lowest BCUT2D eigenvalue weighted by Crippen LogP contribution is -2.25. The molecule has 0 radical (unpaired) electrons. The molecular formula is C22H21NO6. The molecule has 0 bridgehead atoms. The molecule has 0 saturated carbocycles. The lowest BCUT2D eigenvalue weighted by molar-refractivity contribution is -0.153. The molecule has 7 heteroatoms. The van der Waals surface area contributed by atoms with E-state index in [2.05, 4.69) is 4.98 Å². The third-order valence-corrected chi connectivity index (χ3v) is 4.41. The van der Waals surface area contributed by atoms with Crippen LogP contribution in [0.5, 0.6) is 5.75 Å². The van der Waals surface area contributed by atoms with Crippen LogP contribution >= 0.6 is 0 Å². The third kappa shape index (κ3) is 3.51. The van der Waals surface area contributed by atoms with Crippen molar-refractivity contribution in [2.24, 2.45) is 0 Å². The van der Waals surface area contributed by atoms with Crippen LogP contribution < -0.4 is 10.2 Å². The number of aromatic amines is 1. The number of benzene rings is 1. The number of carbonyl (C=O) groups excluding carboxylic acids is 1. The average Bonchev–Trinajstić information content (AvgIpc) is 3.29. The van der Waals surface area contributed by atoms with Gasteiger partial charge in [0.15, 0.2) is 11.3 Å². The molecule has 0 fully saturated rings. The van der Waals surface area contributed by atoms with E-state index in [1.165, 1.54) is 13.4 Å². The van der Waals surface area contributed by atoms with Gasteiger partial charge in [0.25, 0.3) is 0 Å². The normalized spacial score (nSPS) is 11.9. The first-order chi connectivity index (χ1) is 13.8. The lowest BCUT2D eigenvalue weighted by atomic mass is 10.1. The molecular weight excluding hydrogens is 374 g/mol. The number of ether oxygens (including phenoxy) is 2. The highest BCUT2D eigenvalue weighted by Crippen LogP contribution is 2.32. The van der Waals surface area contributed by atoms with Crippen LogP contribution in [0.2, 0.25) is 0 Å². The van der Waals surface area contributed by atoms with Crippen LogP contribution in [0.15, 0.2) is 50.2 Å². The number of methoxy groups -OCH3 is 1. The minimum absolute atomic E-state index is 0.0704. The van der Waals surface area contributed by atoms with Crippen molar-refractivity contribution in [1.29, 1.82) is 0 Å². The molecule has 1 aromatic carbocycles. The van der Waals surface area contributed by atoms with Crippen molar-refractivity contribution in [1.82, 2.24) is 4.98 Å². The minimum atomic E-state index is -0.618. The summed E-state index contributed by atoms with van der Waals surface area (Å²) in [6.45, 7) is 5.40. The van der Waals surface area contributed by atoms with Crippen molar-refractivity contribution in [2.75, 3.05) is 7.11 Å². The highest BCUT2D eigenvalue weighted by atomic mass is 16.6. The monoisotopic (exact) mass is 395 g/mol. The molecule has 150 valence electrons. The standard InChI is InChI=1S/C22H21NO6/c1-22(2,3)29-17(24)11-14-21-18(19(23-14)16-6-5-9-27-16)20(25)13-10-12(26-4)7-8-15(13)28-21/h5-10,23H,11H2,1-4H3. The summed E-state index contributed by atoms with van der Waals surface area (Å²) in [5.74, 6) is 0.595. The summed E-state index contributed by atoms with van der Waals surface area (Å²) in [7, 11) is 1.53. The predicted octanol–water partition coefficient (Wildman–Crippen LogP) is 4.43. The highest BCUT2D eigenvalue weighted by molar-refractivity contribution is 6.00. The van der Waals surface area contributed by atoms with Gasteiger partial charge in [0.2, 0.25) is 5.43 Å². The number of aromatic nitrogens is 1. The molecule has 0 aliphatic carbocycles. The molecule has 0 amide bonds. The van der Waals surface area contributed by atoms with Gasteiger partial charge in [-0.3, -0.25) is 9.59 Å². The van der Waals surface area contributed by atoms with Crippen molar-refractivity contribution in [2.45, 2.75) is 32.8 Å². The van der Waals surface area contributed by atoms with Crippen molar-refractivity contribution >= 4 is 27.9 Å². The van der Waals surface area contributed by atoms with Crippen LogP contribution in [-0.4, -0.2) is 23.7 Å². The summed E-state index contributed by atoms with van der Waals surface area (Å²) in [4.78, 5) is 28.8. The maximum atomic E-state index is 13.3. The number of rotatable bonds is 4. The van der Waals surface area contributed by atoms with Crippen LogP contribution in [0.25, 0.3) is 33.4 Å². The summed E-state index contributed by atoms with van der Waals surface area (Å²) >= 11 is 0. The Morgan fingerprint density at radius 1 is 1.21 bits per heavy atom. The second kappa shape index (κ2) is 6.84. The third-order valence-electron chi connectivity index (χ3n) is 4.41. The van der Waals surface area contributed by atoms with Crippen LogP contribution in [-0.2, 0) is 16.0 Å². The Balaban J connectivity index is 1.95. The van der Waals surface area contributed by atoms with Gasteiger partial charge in [0, 0.05) is 0 Å². The van der Waals surface area contributed by atoms with Gasteiger partial charge < -0.3 is 23.3 Å². The summed E-state index contributed by atoms with van der Waals surface area (Å²) < 4.78 is 22.2. The number of furan rings is 1. The van der Waals surface area contributed by atoms with Gasteiger partial charge in [-0.25, -0.2) is 0 Å². The summed E-state index contributed by atoms with van der Waals surface area (Å²) in [6, 6.07) is 8.47. The molecule has 0 atom stereocenters. The largest absolute Gasteiger partial charge is 0.497 e. The van der Waals surface area contributed by atoms with E-state index in [4.69, 9.17) is 18.3 Å². The summed E-state index contributed by atoms with van der Waals surface area (Å²) in [5, 5.41) is 0.701. The van der Waals surface area contributed by atoms with Gasteiger partial charge in [0.1, 0.15) is 16.9 Å². The van der Waals surface area contributed by atoms with Gasteiger partial charge >= 0.3 is 5.97 Å². The molecule has 3 aromatic heterocycles. The lowest BCUT2D eigenvalue weighted by Gasteiger charge is -2.19. The van der Waals surface area contributed by atoms with E-state index in [9.17, 15) is 9.59 Å². The Morgan fingerprint density at radius 2 is 2.00 bits per heavy atom. The van der Waals surface area contributed by atoms with Crippen molar-refractivity contribution < 1.29 is 23.1 Å². The highest BCUT2D eigenvalue weighted by Gasteiger charge is 2.24. The van der Waals surface area contributed by atoms with Gasteiger partial charge in [-0.2, -0.15) is 0 Å². The number of carbonyl (C=O) groups is 1. The first kappa shape index (κ1) is 18.9. The molecule has 0 aliphatic heterocycles. The molecule has 4 aromatic rings. The average molecular weight is 395 g/mol. The topological polar surface area (TPSA) is 94.7 Å². The molecule has 4 rings (SSSR count). The van der Waals surface area contributed by atoms with E-state index in [1.807, 2.05) is 0 Å². The van der Waals surface area contributed by atoms with Crippen molar-refractivity contribution in [3.8, 4) is 17.2 Å². The van der Waals surface area contributed by atoms with Crippen LogP contribution in [0.1, 0.15) is 26.5 Å². The minimum Gasteiger partial charge on any atom is -0.497 e. The maximum absolute atomic E-state index is 13.3. The van der Waals surface area contributed by atoms with E-state index in [-0.39, 0.29) is 11.8 Å². The summed E-state index contributed by atoms with van der Waals surface area (Å²) in [6.07, 6.45) is 1.44.